The molecule has 2 aromatic heterocycles. The molecule has 1 aromatic carbocycles. The second kappa shape index (κ2) is 7.70. The number of hydrogen-bond acceptors (Lipinski definition) is 3. The van der Waals surface area contributed by atoms with Crippen molar-refractivity contribution in [1.29, 1.82) is 0 Å². The summed E-state index contributed by atoms with van der Waals surface area (Å²) < 4.78 is 4.11. The molecular formula is C23H27N5O. The second-order valence-electron chi connectivity index (χ2n) is 7.82. The van der Waals surface area contributed by atoms with Crippen LogP contribution in [0, 0.1) is 13.8 Å². The smallest absolute Gasteiger partial charge is 0.246 e. The molecule has 6 heteroatoms. The van der Waals surface area contributed by atoms with Crippen molar-refractivity contribution in [3.8, 4) is 5.69 Å². The summed E-state index contributed by atoms with van der Waals surface area (Å²) in [4.78, 5) is 18.5. The van der Waals surface area contributed by atoms with Gasteiger partial charge in [-0.3, -0.25) is 4.79 Å². The molecule has 0 unspecified atom stereocenters. The highest BCUT2D eigenvalue weighted by atomic mass is 16.2. The Bertz CT molecular complexity index is 1030. The fourth-order valence-electron chi connectivity index (χ4n) is 3.81. The largest absolute Gasteiger partial charge is 0.346 e. The number of aryl methyl sites for hydroxylation is 1. The molecule has 3 aromatic rings. The van der Waals surface area contributed by atoms with Crippen LogP contribution in [0.5, 0.6) is 0 Å². The molecule has 1 fully saturated rings. The van der Waals surface area contributed by atoms with E-state index in [0.717, 1.165) is 16.8 Å². The first kappa shape index (κ1) is 19.2. The Morgan fingerprint density at radius 1 is 1.24 bits per heavy atom. The molecule has 0 spiro atoms. The number of hydrogen-bond donors (Lipinski definition) is 0. The Hall–Kier alpha value is -3.15. The van der Waals surface area contributed by atoms with Crippen molar-refractivity contribution in [1.82, 2.24) is 24.2 Å². The number of nitrogens with zero attached hydrogens (tertiary/aromatic N) is 5. The van der Waals surface area contributed by atoms with E-state index in [4.69, 9.17) is 0 Å². The third-order valence-corrected chi connectivity index (χ3v) is 5.83. The maximum atomic E-state index is 12.7. The van der Waals surface area contributed by atoms with Gasteiger partial charge in [-0.15, -0.1) is 0 Å². The minimum Gasteiger partial charge on any atom is -0.346 e. The van der Waals surface area contributed by atoms with Crippen LogP contribution in [0.1, 0.15) is 54.4 Å². The molecule has 29 heavy (non-hydrogen) atoms. The minimum absolute atomic E-state index is 0.00548. The predicted octanol–water partition coefficient (Wildman–Crippen LogP) is 4.25. The maximum absolute atomic E-state index is 12.7. The molecule has 1 amide bonds. The first-order valence-corrected chi connectivity index (χ1v) is 10.0. The first-order chi connectivity index (χ1) is 14.0. The summed E-state index contributed by atoms with van der Waals surface area (Å²) in [7, 11) is 1.84. The second-order valence-corrected chi connectivity index (χ2v) is 7.82. The van der Waals surface area contributed by atoms with Crippen molar-refractivity contribution in [3.05, 3.63) is 71.6 Å². The molecule has 0 saturated heterocycles. The van der Waals surface area contributed by atoms with Gasteiger partial charge < -0.3 is 9.47 Å². The molecule has 0 bridgehead atoms. The van der Waals surface area contributed by atoms with Crippen LogP contribution in [0.25, 0.3) is 11.8 Å². The van der Waals surface area contributed by atoms with Gasteiger partial charge in [0.2, 0.25) is 5.91 Å². The zero-order valence-corrected chi connectivity index (χ0v) is 17.4. The van der Waals surface area contributed by atoms with E-state index in [2.05, 4.69) is 34.6 Å². The summed E-state index contributed by atoms with van der Waals surface area (Å²) in [5.74, 6) is -0.00548. The lowest BCUT2D eigenvalue weighted by molar-refractivity contribution is -0.126. The standard InChI is InChI=1S/C23H27N5O/c1-16-13-20(18(3)28(16)22-10-11-22)7-12-23(29)26(4)17(2)19-5-8-21(9-6-19)27-15-24-14-25-27/h5-9,12-15,17,22H,10-11H2,1-4H3/b12-7+/t17-/m1/s1. The van der Waals surface area contributed by atoms with Gasteiger partial charge in [0.15, 0.2) is 0 Å². The third-order valence-electron chi connectivity index (χ3n) is 5.83. The Morgan fingerprint density at radius 2 is 1.97 bits per heavy atom. The number of likely N-dealkylation sites (N-methyl/N-ethyl adjacent to an activating group) is 1. The third kappa shape index (κ3) is 3.88. The molecule has 0 N–H and O–H groups in total. The van der Waals surface area contributed by atoms with E-state index < -0.39 is 0 Å². The van der Waals surface area contributed by atoms with Crippen molar-refractivity contribution < 1.29 is 4.79 Å². The quantitative estimate of drug-likeness (QED) is 0.592. The summed E-state index contributed by atoms with van der Waals surface area (Å²) >= 11 is 0. The number of rotatable bonds is 6. The highest BCUT2D eigenvalue weighted by molar-refractivity contribution is 5.92. The van der Waals surface area contributed by atoms with E-state index in [1.807, 2.05) is 44.3 Å². The monoisotopic (exact) mass is 389 g/mol. The predicted molar refractivity (Wildman–Crippen MR) is 114 cm³/mol. The minimum atomic E-state index is -0.0316. The van der Waals surface area contributed by atoms with Gasteiger partial charge in [0.05, 0.1) is 11.7 Å². The topological polar surface area (TPSA) is 56.0 Å². The van der Waals surface area contributed by atoms with Crippen molar-refractivity contribution in [3.63, 3.8) is 0 Å². The number of amides is 1. The van der Waals surface area contributed by atoms with Gasteiger partial charge in [0.1, 0.15) is 12.7 Å². The van der Waals surface area contributed by atoms with E-state index in [0.29, 0.717) is 6.04 Å². The van der Waals surface area contributed by atoms with Gasteiger partial charge in [-0.25, -0.2) is 9.67 Å². The van der Waals surface area contributed by atoms with E-state index in [1.54, 1.807) is 22.0 Å². The van der Waals surface area contributed by atoms with Gasteiger partial charge in [-0.2, -0.15) is 5.10 Å². The number of carbonyl (C=O) groups excluding carboxylic acids is 1. The Labute approximate surface area is 171 Å². The Balaban J connectivity index is 1.44. The van der Waals surface area contributed by atoms with E-state index >= 15 is 0 Å². The molecule has 1 atom stereocenters. The Kier molecular flexibility index (Phi) is 5.09. The normalized spacial score (nSPS) is 15.0. The van der Waals surface area contributed by atoms with Crippen LogP contribution >= 0.6 is 0 Å². The molecule has 6 nitrogen and oxygen atoms in total. The Morgan fingerprint density at radius 3 is 2.59 bits per heavy atom. The number of aromatic nitrogens is 4. The molecule has 2 heterocycles. The maximum Gasteiger partial charge on any atom is 0.246 e. The number of benzene rings is 1. The van der Waals surface area contributed by atoms with Crippen LogP contribution in [-0.4, -0.2) is 37.2 Å². The lowest BCUT2D eigenvalue weighted by atomic mass is 10.1. The van der Waals surface area contributed by atoms with Crippen molar-refractivity contribution >= 4 is 12.0 Å². The summed E-state index contributed by atoms with van der Waals surface area (Å²) in [6.45, 7) is 6.31. The fraction of sp³-hybridized carbons (Fsp3) is 0.348. The molecule has 0 radical (unpaired) electrons. The van der Waals surface area contributed by atoms with Crippen LogP contribution < -0.4 is 0 Å². The molecule has 4 rings (SSSR count). The van der Waals surface area contributed by atoms with Gasteiger partial charge in [0, 0.05) is 30.6 Å². The molecule has 1 saturated carbocycles. The van der Waals surface area contributed by atoms with Crippen molar-refractivity contribution in [2.24, 2.45) is 0 Å². The molecular weight excluding hydrogens is 362 g/mol. The summed E-state index contributed by atoms with van der Waals surface area (Å²) in [5, 5.41) is 4.14. The van der Waals surface area contributed by atoms with Crippen LogP contribution in [0.15, 0.2) is 49.1 Å². The van der Waals surface area contributed by atoms with Crippen LogP contribution in [0.3, 0.4) is 0 Å². The first-order valence-electron chi connectivity index (χ1n) is 10.0. The van der Waals surface area contributed by atoms with Crippen LogP contribution in [0.2, 0.25) is 0 Å². The summed E-state index contributed by atoms with van der Waals surface area (Å²) in [6.07, 6.45) is 9.32. The average Bonchev–Trinajstić information content (AvgIpc) is 3.31. The average molecular weight is 390 g/mol. The highest BCUT2D eigenvalue weighted by Gasteiger charge is 2.26. The summed E-state index contributed by atoms with van der Waals surface area (Å²) in [6, 6.07) is 10.8. The fourth-order valence-corrected chi connectivity index (χ4v) is 3.81. The van der Waals surface area contributed by atoms with Crippen molar-refractivity contribution in [2.75, 3.05) is 7.05 Å². The lowest BCUT2D eigenvalue weighted by Crippen LogP contribution is -2.28. The van der Waals surface area contributed by atoms with Gasteiger partial charge >= 0.3 is 0 Å². The lowest BCUT2D eigenvalue weighted by Gasteiger charge is -2.24. The van der Waals surface area contributed by atoms with Crippen LogP contribution in [0.4, 0.5) is 0 Å². The van der Waals surface area contributed by atoms with Crippen molar-refractivity contribution in [2.45, 2.75) is 45.7 Å². The van der Waals surface area contributed by atoms with Gasteiger partial charge in [-0.05, 0) is 69.0 Å². The molecule has 0 aliphatic heterocycles. The molecule has 1 aliphatic carbocycles. The molecule has 150 valence electrons. The van der Waals surface area contributed by atoms with E-state index in [9.17, 15) is 4.79 Å². The molecule has 1 aliphatic rings. The van der Waals surface area contributed by atoms with Gasteiger partial charge in [0.25, 0.3) is 0 Å². The van der Waals surface area contributed by atoms with E-state index in [-0.39, 0.29) is 11.9 Å². The van der Waals surface area contributed by atoms with Gasteiger partial charge in [-0.1, -0.05) is 12.1 Å². The van der Waals surface area contributed by atoms with Crippen LogP contribution in [-0.2, 0) is 4.79 Å². The highest BCUT2D eigenvalue weighted by Crippen LogP contribution is 2.38. The SMILES string of the molecule is Cc1cc(/C=C/C(=O)N(C)[C@H](C)c2ccc(-n3cncn3)cc2)c(C)n1C1CC1. The van der Waals surface area contributed by atoms with E-state index in [1.165, 1.54) is 30.6 Å². The number of carbonyl (C=O) groups is 1. The zero-order chi connectivity index (χ0) is 20.5. The zero-order valence-electron chi connectivity index (χ0n) is 17.4. The summed E-state index contributed by atoms with van der Waals surface area (Å²) in [5.41, 5.74) is 5.66.